The van der Waals surface area contributed by atoms with Gasteiger partial charge in [0.05, 0.1) is 0 Å². The van der Waals surface area contributed by atoms with Gasteiger partial charge in [0.2, 0.25) is 0 Å². The molecular weight excluding hydrogens is 244 g/mol. The second kappa shape index (κ2) is 30.4. The fourth-order valence-electron chi connectivity index (χ4n) is 0. The molecular formula is H14CrO10S. The van der Waals surface area contributed by atoms with Gasteiger partial charge in [-0.25, -0.2) is 0 Å². The Kier molecular flexibility index (Phi) is 221. The molecule has 14 N–H and O–H groups in total. The summed E-state index contributed by atoms with van der Waals surface area (Å²) in [5.74, 6) is 0. The molecule has 0 saturated heterocycles. The molecule has 0 heterocycles. The topological polar surface area (TPSA) is 264 Å². The van der Waals surface area contributed by atoms with E-state index < -0.39 is 10.4 Å². The molecule has 12 heteroatoms. The van der Waals surface area contributed by atoms with Crippen molar-refractivity contribution in [2.45, 2.75) is 0 Å². The minimum absolute atomic E-state index is 0. The van der Waals surface area contributed by atoms with Crippen LogP contribution in [0.1, 0.15) is 0 Å². The average molecular weight is 258 g/mol. The Balaban J connectivity index is -0.00000000381. The Morgan fingerprint density at radius 2 is 0.667 bits per heavy atom. The molecule has 0 aliphatic rings. The summed E-state index contributed by atoms with van der Waals surface area (Å²) in [6.07, 6.45) is 0. The van der Waals surface area contributed by atoms with Gasteiger partial charge < -0.3 is 32.9 Å². The van der Waals surface area contributed by atoms with Gasteiger partial charge in [0.15, 0.2) is 0 Å². The third-order valence-electron chi connectivity index (χ3n) is 0. The predicted octanol–water partition coefficient (Wildman–Crippen LogP) is -5.60. The van der Waals surface area contributed by atoms with Crippen molar-refractivity contribution in [1.29, 1.82) is 0 Å². The summed E-state index contributed by atoms with van der Waals surface area (Å²) in [4.78, 5) is 0. The van der Waals surface area contributed by atoms with Gasteiger partial charge in [0, 0.05) is 17.4 Å². The molecule has 0 aromatic rings. The van der Waals surface area contributed by atoms with Crippen LogP contribution in [0.25, 0.3) is 0 Å². The van der Waals surface area contributed by atoms with Crippen LogP contribution in [0.5, 0.6) is 0 Å². The summed E-state index contributed by atoms with van der Waals surface area (Å²) in [5, 5.41) is 0. The molecule has 0 atom stereocenters. The maximum atomic E-state index is 8.74. The third kappa shape index (κ3) is 32300. The average Bonchev–Trinajstić information content (AvgIpc) is 0.722. The van der Waals surface area contributed by atoms with E-state index in [9.17, 15) is 0 Å². The van der Waals surface area contributed by atoms with Crippen LogP contribution >= 0.6 is 0 Å². The second-order valence-corrected chi connectivity index (χ2v) is 1.34. The monoisotopic (exact) mass is 258 g/mol. The van der Waals surface area contributed by atoms with Crippen LogP contribution in [0.2, 0.25) is 0 Å². The van der Waals surface area contributed by atoms with E-state index in [-0.39, 0.29) is 50.2 Å². The van der Waals surface area contributed by atoms with Crippen molar-refractivity contribution in [1.82, 2.24) is 0 Å². The number of hydrogen-bond donors (Lipinski definition) is 2. The standard InChI is InChI=1S/Cr.H2O4S.6H2O/c;1-5(2,3)4;;;;;;/h;(H2,1,2,3,4);6*1H2. The summed E-state index contributed by atoms with van der Waals surface area (Å²) in [6.45, 7) is 0. The Labute approximate surface area is 78.8 Å². The molecule has 86 valence electrons. The first-order chi connectivity index (χ1) is 2.00. The SMILES string of the molecule is O.O.O.O.O.O.O=S(=O)(O)O.[Cr]. The van der Waals surface area contributed by atoms with E-state index in [0.717, 1.165) is 0 Å². The van der Waals surface area contributed by atoms with Crippen LogP contribution in [-0.2, 0) is 27.8 Å². The Bertz CT molecular complexity index is 93.0. The molecule has 0 aromatic heterocycles. The first kappa shape index (κ1) is 87.5. The minimum atomic E-state index is -4.67. The van der Waals surface area contributed by atoms with Crippen molar-refractivity contribution in [2.75, 3.05) is 0 Å². The minimum Gasteiger partial charge on any atom is -0.412 e. The molecule has 0 spiro atoms. The molecule has 0 amide bonds. The van der Waals surface area contributed by atoms with E-state index >= 15 is 0 Å². The summed E-state index contributed by atoms with van der Waals surface area (Å²) in [7, 11) is -4.67. The van der Waals surface area contributed by atoms with E-state index in [1.54, 1.807) is 0 Å². The number of rotatable bonds is 0. The van der Waals surface area contributed by atoms with E-state index in [1.807, 2.05) is 0 Å². The zero-order valence-corrected chi connectivity index (χ0v) is 7.62. The normalized spacial score (nSPS) is 4.83. The van der Waals surface area contributed by atoms with Crippen molar-refractivity contribution in [3.8, 4) is 0 Å². The van der Waals surface area contributed by atoms with Crippen molar-refractivity contribution in [3.63, 3.8) is 0 Å². The maximum absolute atomic E-state index is 8.74. The molecule has 0 aliphatic carbocycles. The van der Waals surface area contributed by atoms with Gasteiger partial charge >= 0.3 is 10.4 Å². The van der Waals surface area contributed by atoms with Crippen molar-refractivity contribution in [2.24, 2.45) is 0 Å². The van der Waals surface area contributed by atoms with Crippen molar-refractivity contribution in [3.05, 3.63) is 0 Å². The van der Waals surface area contributed by atoms with Gasteiger partial charge in [-0.1, -0.05) is 0 Å². The molecule has 0 rings (SSSR count). The Morgan fingerprint density at radius 3 is 0.667 bits per heavy atom. The fraction of sp³-hybridized carbons (Fsp3) is 0. The molecule has 0 bridgehead atoms. The van der Waals surface area contributed by atoms with E-state index in [4.69, 9.17) is 17.5 Å². The van der Waals surface area contributed by atoms with Crippen LogP contribution in [0.3, 0.4) is 0 Å². The molecule has 0 unspecified atom stereocenters. The first-order valence-electron chi connectivity index (χ1n) is 0.698. The van der Waals surface area contributed by atoms with Crippen LogP contribution in [0.4, 0.5) is 0 Å². The second-order valence-electron chi connectivity index (χ2n) is 0.448. The fourth-order valence-corrected chi connectivity index (χ4v) is 0. The molecule has 0 saturated carbocycles. The van der Waals surface area contributed by atoms with E-state index in [2.05, 4.69) is 0 Å². The molecule has 10 nitrogen and oxygen atoms in total. The zero-order valence-electron chi connectivity index (χ0n) is 5.53. The van der Waals surface area contributed by atoms with Gasteiger partial charge in [-0.2, -0.15) is 8.42 Å². The zero-order chi connectivity index (χ0) is 4.50. The smallest absolute Gasteiger partial charge is 0.394 e. The van der Waals surface area contributed by atoms with Gasteiger partial charge in [-0.05, 0) is 0 Å². The van der Waals surface area contributed by atoms with Gasteiger partial charge in [-0.3, -0.25) is 9.11 Å². The quantitative estimate of drug-likeness (QED) is 0.402. The largest absolute Gasteiger partial charge is 0.412 e. The molecule has 0 aliphatic heterocycles. The van der Waals surface area contributed by atoms with Crippen molar-refractivity contribution >= 4 is 10.4 Å². The van der Waals surface area contributed by atoms with Crippen molar-refractivity contribution < 1.29 is 67.7 Å². The molecule has 12 heavy (non-hydrogen) atoms. The molecule has 0 fully saturated rings. The Hall–Kier alpha value is 0.162. The number of hydrogen-bond acceptors (Lipinski definition) is 2. The summed E-state index contributed by atoms with van der Waals surface area (Å²) in [6, 6.07) is 0. The Morgan fingerprint density at radius 1 is 0.667 bits per heavy atom. The van der Waals surface area contributed by atoms with Gasteiger partial charge in [0.25, 0.3) is 0 Å². The first-order valence-corrected chi connectivity index (χ1v) is 2.10. The molecule has 0 aromatic carbocycles. The summed E-state index contributed by atoms with van der Waals surface area (Å²) in [5.41, 5.74) is 0. The van der Waals surface area contributed by atoms with E-state index in [0.29, 0.717) is 0 Å². The van der Waals surface area contributed by atoms with Gasteiger partial charge in [-0.15, -0.1) is 0 Å². The summed E-state index contributed by atoms with van der Waals surface area (Å²) >= 11 is 0. The van der Waals surface area contributed by atoms with Crippen LogP contribution in [0, 0.1) is 0 Å². The summed E-state index contributed by atoms with van der Waals surface area (Å²) < 4.78 is 31.6. The maximum Gasteiger partial charge on any atom is 0.394 e. The van der Waals surface area contributed by atoms with Crippen LogP contribution in [-0.4, -0.2) is 50.4 Å². The van der Waals surface area contributed by atoms with Crippen LogP contribution in [0.15, 0.2) is 0 Å². The third-order valence-corrected chi connectivity index (χ3v) is 0. The van der Waals surface area contributed by atoms with Crippen LogP contribution < -0.4 is 0 Å². The predicted molar refractivity (Wildman–Crippen MR) is 35.9 cm³/mol. The van der Waals surface area contributed by atoms with E-state index in [1.165, 1.54) is 0 Å². The molecule has 0 radical (unpaired) electrons. The van der Waals surface area contributed by atoms with Gasteiger partial charge in [0.1, 0.15) is 0 Å².